The third-order valence-electron chi connectivity index (χ3n) is 4.98. The first-order chi connectivity index (χ1) is 12.9. The van der Waals surface area contributed by atoms with Crippen molar-refractivity contribution in [3.05, 3.63) is 65.5 Å². The van der Waals surface area contributed by atoms with Gasteiger partial charge in [0, 0.05) is 17.8 Å². The van der Waals surface area contributed by atoms with Crippen LogP contribution in [0.5, 0.6) is 0 Å². The molecule has 1 aromatic carbocycles. The van der Waals surface area contributed by atoms with E-state index in [1.807, 2.05) is 19.1 Å². The van der Waals surface area contributed by atoms with Crippen molar-refractivity contribution >= 4 is 11.0 Å². The van der Waals surface area contributed by atoms with E-state index in [4.69, 9.17) is 4.74 Å². The number of aryl methyl sites for hydroxylation is 1. The van der Waals surface area contributed by atoms with E-state index in [0.717, 1.165) is 23.1 Å². The lowest BCUT2D eigenvalue weighted by atomic mass is 9.99. The summed E-state index contributed by atoms with van der Waals surface area (Å²) in [6.07, 6.45) is -3.13. The number of aliphatic hydroxyl groups excluding tert-OH is 3. The van der Waals surface area contributed by atoms with E-state index in [1.54, 1.807) is 17.0 Å². The lowest BCUT2D eigenvalue weighted by molar-refractivity contribution is -0.0849. The van der Waals surface area contributed by atoms with Crippen LogP contribution < -0.4 is 0 Å². The first kappa shape index (κ1) is 18.0. The Kier molecular flexibility index (Phi) is 4.43. The monoisotopic (exact) mass is 376 g/mol. The number of aromatic nitrogens is 2. The molecule has 0 amide bonds. The molecule has 1 saturated heterocycles. The number of nitrogens with zero attached hydrogens (tertiary/aromatic N) is 2. The van der Waals surface area contributed by atoms with Crippen molar-refractivity contribution in [2.24, 2.45) is 0 Å². The van der Waals surface area contributed by atoms with Gasteiger partial charge < -0.3 is 24.6 Å². The predicted molar refractivity (Wildman–Crippen MR) is 91.7 cm³/mol. The summed E-state index contributed by atoms with van der Waals surface area (Å²) in [5, 5.41) is 32.2. The number of benzene rings is 1. The minimum absolute atomic E-state index is 0.0390. The maximum Gasteiger partial charge on any atom is 0.164 e. The fraction of sp³-hybridized carbons (Fsp3) is 0.316. The second-order valence-electron chi connectivity index (χ2n) is 6.68. The molecule has 3 N–H and O–H groups in total. The van der Waals surface area contributed by atoms with E-state index in [-0.39, 0.29) is 5.56 Å². The Labute approximate surface area is 153 Å². The summed E-state index contributed by atoms with van der Waals surface area (Å²) in [4.78, 5) is 4.29. The molecular weight excluding hydrogens is 358 g/mol. The Morgan fingerprint density at radius 3 is 2.63 bits per heavy atom. The third kappa shape index (κ3) is 2.90. The zero-order valence-corrected chi connectivity index (χ0v) is 14.3. The van der Waals surface area contributed by atoms with Gasteiger partial charge in [-0.15, -0.1) is 0 Å². The summed E-state index contributed by atoms with van der Waals surface area (Å²) in [5.74, 6) is -2.16. The van der Waals surface area contributed by atoms with Crippen LogP contribution in [0.1, 0.15) is 23.5 Å². The van der Waals surface area contributed by atoms with Crippen LogP contribution in [0.3, 0.4) is 0 Å². The molecule has 0 unspecified atom stereocenters. The van der Waals surface area contributed by atoms with Crippen LogP contribution in [-0.4, -0.2) is 43.2 Å². The van der Waals surface area contributed by atoms with Gasteiger partial charge >= 0.3 is 0 Å². The number of ether oxygens (including phenoxy) is 1. The standard InChI is InChI=1S/C19H18F2N2O4/c1-9-4-6-22-18-11(9)5-7-23(18)19-16(26)15(25)17(27-19)14(24)10-2-3-12(20)13(21)8-10/h2-8,14-17,19,24-26H,1H3/t14-,15+,16-,17-,19-/m1/s1. The molecule has 0 radical (unpaired) electrons. The van der Waals surface area contributed by atoms with Gasteiger partial charge in [0.2, 0.25) is 0 Å². The number of aliphatic hydroxyl groups is 3. The summed E-state index contributed by atoms with van der Waals surface area (Å²) < 4.78 is 33.9. The largest absolute Gasteiger partial charge is 0.387 e. The molecule has 6 nitrogen and oxygen atoms in total. The van der Waals surface area contributed by atoms with E-state index < -0.39 is 42.3 Å². The SMILES string of the molecule is Cc1ccnc2c1ccn2[C@@H]1O[C@H]([C@H](O)c2ccc(F)c(F)c2)[C@@H](O)[C@H]1O. The molecular formula is C19H18F2N2O4. The molecule has 27 heavy (non-hydrogen) atoms. The van der Waals surface area contributed by atoms with Gasteiger partial charge in [0.1, 0.15) is 30.1 Å². The van der Waals surface area contributed by atoms with Crippen LogP contribution in [-0.2, 0) is 4.74 Å². The molecule has 4 rings (SSSR count). The second-order valence-corrected chi connectivity index (χ2v) is 6.68. The Morgan fingerprint density at radius 1 is 1.11 bits per heavy atom. The first-order valence-corrected chi connectivity index (χ1v) is 8.45. The fourth-order valence-electron chi connectivity index (χ4n) is 3.46. The van der Waals surface area contributed by atoms with Gasteiger partial charge in [0.05, 0.1) is 0 Å². The second kappa shape index (κ2) is 6.65. The van der Waals surface area contributed by atoms with Gasteiger partial charge in [-0.2, -0.15) is 0 Å². The topological polar surface area (TPSA) is 87.7 Å². The fourth-order valence-corrected chi connectivity index (χ4v) is 3.46. The van der Waals surface area contributed by atoms with Gasteiger partial charge in [-0.25, -0.2) is 13.8 Å². The number of hydrogen-bond donors (Lipinski definition) is 3. The molecule has 2 aromatic heterocycles. The van der Waals surface area contributed by atoms with Gasteiger partial charge in [-0.05, 0) is 42.3 Å². The van der Waals surface area contributed by atoms with Crippen molar-refractivity contribution in [3.63, 3.8) is 0 Å². The van der Waals surface area contributed by atoms with Crippen LogP contribution in [0.2, 0.25) is 0 Å². The van der Waals surface area contributed by atoms with Gasteiger partial charge in [-0.1, -0.05) is 6.07 Å². The van der Waals surface area contributed by atoms with Crippen molar-refractivity contribution < 1.29 is 28.8 Å². The van der Waals surface area contributed by atoms with Crippen molar-refractivity contribution in [2.45, 2.75) is 37.6 Å². The van der Waals surface area contributed by atoms with Crippen molar-refractivity contribution in [1.82, 2.24) is 9.55 Å². The number of hydrogen-bond acceptors (Lipinski definition) is 5. The molecule has 8 heteroatoms. The van der Waals surface area contributed by atoms with Crippen LogP contribution in [0.15, 0.2) is 42.7 Å². The van der Waals surface area contributed by atoms with Crippen LogP contribution in [0.25, 0.3) is 11.0 Å². The molecule has 1 fully saturated rings. The molecule has 5 atom stereocenters. The number of rotatable bonds is 3. The highest BCUT2D eigenvalue weighted by molar-refractivity contribution is 5.79. The molecule has 142 valence electrons. The molecule has 1 aliphatic heterocycles. The summed E-state index contributed by atoms with van der Waals surface area (Å²) in [7, 11) is 0. The van der Waals surface area contributed by atoms with Gasteiger partial charge in [-0.3, -0.25) is 0 Å². The highest BCUT2D eigenvalue weighted by Crippen LogP contribution is 2.37. The number of pyridine rings is 1. The van der Waals surface area contributed by atoms with E-state index in [1.165, 1.54) is 6.07 Å². The predicted octanol–water partition coefficient (Wildman–Crippen LogP) is 1.98. The Balaban J connectivity index is 1.66. The number of halogens is 2. The molecule has 0 bridgehead atoms. The molecule has 3 aromatic rings. The van der Waals surface area contributed by atoms with E-state index in [2.05, 4.69) is 4.98 Å². The normalized spacial score (nSPS) is 26.6. The summed E-state index contributed by atoms with van der Waals surface area (Å²) in [6.45, 7) is 1.92. The highest BCUT2D eigenvalue weighted by atomic mass is 19.2. The molecule has 0 spiro atoms. The average molecular weight is 376 g/mol. The third-order valence-corrected chi connectivity index (χ3v) is 4.98. The zero-order valence-electron chi connectivity index (χ0n) is 14.3. The minimum atomic E-state index is -1.45. The maximum atomic E-state index is 13.5. The van der Waals surface area contributed by atoms with Crippen LogP contribution >= 0.6 is 0 Å². The minimum Gasteiger partial charge on any atom is -0.387 e. The first-order valence-electron chi connectivity index (χ1n) is 8.45. The summed E-state index contributed by atoms with van der Waals surface area (Å²) in [6, 6.07) is 6.60. The number of fused-ring (bicyclic) bond motifs is 1. The smallest absolute Gasteiger partial charge is 0.164 e. The average Bonchev–Trinajstić information content (AvgIpc) is 3.20. The van der Waals surface area contributed by atoms with Gasteiger partial charge in [0.15, 0.2) is 17.9 Å². The quantitative estimate of drug-likeness (QED) is 0.651. The van der Waals surface area contributed by atoms with Crippen molar-refractivity contribution in [3.8, 4) is 0 Å². The zero-order chi connectivity index (χ0) is 19.3. The molecule has 0 aliphatic carbocycles. The maximum absolute atomic E-state index is 13.5. The highest BCUT2D eigenvalue weighted by Gasteiger charge is 2.47. The summed E-state index contributed by atoms with van der Waals surface area (Å²) >= 11 is 0. The van der Waals surface area contributed by atoms with Gasteiger partial charge in [0.25, 0.3) is 0 Å². The van der Waals surface area contributed by atoms with Crippen molar-refractivity contribution in [1.29, 1.82) is 0 Å². The molecule has 1 aliphatic rings. The molecule has 3 heterocycles. The molecule has 0 saturated carbocycles. The Morgan fingerprint density at radius 2 is 1.89 bits per heavy atom. The Bertz CT molecular complexity index is 993. The summed E-state index contributed by atoms with van der Waals surface area (Å²) in [5.41, 5.74) is 1.59. The van der Waals surface area contributed by atoms with E-state index in [0.29, 0.717) is 5.65 Å². The van der Waals surface area contributed by atoms with Crippen molar-refractivity contribution in [2.75, 3.05) is 0 Å². The lowest BCUT2D eigenvalue weighted by Gasteiger charge is -2.21. The van der Waals surface area contributed by atoms with E-state index >= 15 is 0 Å². The van der Waals surface area contributed by atoms with Crippen LogP contribution in [0, 0.1) is 18.6 Å². The lowest BCUT2D eigenvalue weighted by Crippen LogP contribution is -2.34. The Hall–Kier alpha value is -2.39. The van der Waals surface area contributed by atoms with Crippen LogP contribution in [0.4, 0.5) is 8.78 Å². The van der Waals surface area contributed by atoms with E-state index in [9.17, 15) is 24.1 Å².